The summed E-state index contributed by atoms with van der Waals surface area (Å²) >= 11 is 0. The molecule has 0 N–H and O–H groups in total. The molecule has 0 unspecified atom stereocenters. The number of hydrogen-bond donors (Lipinski definition) is 0. The number of carbonyl (C=O) groups excluding carboxylic acids is 2. The van der Waals surface area contributed by atoms with E-state index in [0.717, 1.165) is 22.3 Å². The first-order valence-corrected chi connectivity index (χ1v) is 7.95. The maximum Gasteiger partial charge on any atom is 0.337 e. The lowest BCUT2D eigenvalue weighted by atomic mass is 9.86. The molecule has 0 radical (unpaired) electrons. The van der Waals surface area contributed by atoms with E-state index in [0.29, 0.717) is 12.0 Å². The van der Waals surface area contributed by atoms with Gasteiger partial charge in [0.15, 0.2) is 5.78 Å². The van der Waals surface area contributed by atoms with Crippen LogP contribution in [0.3, 0.4) is 0 Å². The van der Waals surface area contributed by atoms with Gasteiger partial charge in [0.2, 0.25) is 0 Å². The van der Waals surface area contributed by atoms with Gasteiger partial charge in [-0.2, -0.15) is 0 Å². The summed E-state index contributed by atoms with van der Waals surface area (Å²) in [6.45, 7) is 4.21. The maximum absolute atomic E-state index is 12.2. The van der Waals surface area contributed by atoms with Crippen LogP contribution in [0.1, 0.15) is 57.7 Å². The molecule has 122 valence electrons. The minimum atomic E-state index is -0.342. The molecule has 0 saturated carbocycles. The van der Waals surface area contributed by atoms with Crippen molar-refractivity contribution in [1.82, 2.24) is 0 Å². The second kappa shape index (κ2) is 6.08. The normalized spacial score (nSPS) is 15.5. The van der Waals surface area contributed by atoms with Crippen LogP contribution in [0.2, 0.25) is 0 Å². The fourth-order valence-corrected chi connectivity index (χ4v) is 3.12. The van der Waals surface area contributed by atoms with E-state index in [1.54, 1.807) is 12.1 Å². The van der Waals surface area contributed by atoms with Crippen molar-refractivity contribution in [3.05, 3.63) is 70.3 Å². The molecule has 3 nitrogen and oxygen atoms in total. The third kappa shape index (κ3) is 3.02. The quantitative estimate of drug-likeness (QED) is 0.617. The Kier molecular flexibility index (Phi) is 4.10. The number of Topliss-reactive ketones (excluding diaryl/α,β-unsaturated/α-hetero) is 1. The maximum atomic E-state index is 12.2. The Hall–Kier alpha value is -2.68. The van der Waals surface area contributed by atoms with Crippen LogP contribution in [0.4, 0.5) is 0 Å². The van der Waals surface area contributed by atoms with Crippen LogP contribution in [-0.2, 0) is 10.2 Å². The minimum Gasteiger partial charge on any atom is -0.465 e. The van der Waals surface area contributed by atoms with Crippen LogP contribution < -0.4 is 0 Å². The topological polar surface area (TPSA) is 43.4 Å². The molecule has 0 saturated heterocycles. The Morgan fingerprint density at radius 3 is 2.33 bits per heavy atom. The molecule has 0 fully saturated rings. The fraction of sp³-hybridized carbons (Fsp3) is 0.238. The van der Waals surface area contributed by atoms with Crippen molar-refractivity contribution in [3.8, 4) is 0 Å². The predicted molar refractivity (Wildman–Crippen MR) is 95.1 cm³/mol. The van der Waals surface area contributed by atoms with E-state index in [2.05, 4.69) is 24.7 Å². The zero-order chi connectivity index (χ0) is 17.3. The van der Waals surface area contributed by atoms with Crippen LogP contribution >= 0.6 is 0 Å². The van der Waals surface area contributed by atoms with Gasteiger partial charge in [0, 0.05) is 12.0 Å². The molecule has 1 aliphatic carbocycles. The van der Waals surface area contributed by atoms with Gasteiger partial charge in [0.1, 0.15) is 0 Å². The molecule has 0 aliphatic heterocycles. The highest BCUT2D eigenvalue weighted by atomic mass is 16.5. The molecule has 0 atom stereocenters. The van der Waals surface area contributed by atoms with Gasteiger partial charge in [-0.3, -0.25) is 4.79 Å². The lowest BCUT2D eigenvalue weighted by molar-refractivity contribution is 0.0600. The number of ether oxygens (including phenoxy) is 1. The molecular weight excluding hydrogens is 300 g/mol. The monoisotopic (exact) mass is 320 g/mol. The van der Waals surface area contributed by atoms with Gasteiger partial charge in [-0.05, 0) is 40.3 Å². The number of fused-ring (bicyclic) bond motifs is 1. The number of rotatable bonds is 3. The number of hydrogen-bond acceptors (Lipinski definition) is 3. The summed E-state index contributed by atoms with van der Waals surface area (Å²) in [5.41, 5.74) is 4.40. The molecule has 0 heterocycles. The van der Waals surface area contributed by atoms with Gasteiger partial charge in [0.05, 0.1) is 12.7 Å². The largest absolute Gasteiger partial charge is 0.465 e. The molecule has 0 bridgehead atoms. The van der Waals surface area contributed by atoms with Crippen LogP contribution in [0.15, 0.2) is 42.5 Å². The van der Waals surface area contributed by atoms with E-state index in [-0.39, 0.29) is 17.2 Å². The second-order valence-electron chi connectivity index (χ2n) is 6.74. The molecule has 0 aromatic heterocycles. The lowest BCUT2D eigenvalue weighted by Crippen LogP contribution is -2.12. The highest BCUT2D eigenvalue weighted by Crippen LogP contribution is 2.38. The third-order valence-corrected chi connectivity index (χ3v) is 4.48. The van der Waals surface area contributed by atoms with E-state index in [1.807, 2.05) is 36.4 Å². The molecule has 2 aromatic rings. The summed E-state index contributed by atoms with van der Waals surface area (Å²) in [7, 11) is 1.37. The molecule has 2 aromatic carbocycles. The Labute approximate surface area is 142 Å². The summed E-state index contributed by atoms with van der Waals surface area (Å²) in [4.78, 5) is 23.6. The number of methoxy groups -OCH3 is 1. The zero-order valence-electron chi connectivity index (χ0n) is 14.1. The molecule has 0 amide bonds. The first-order chi connectivity index (χ1) is 11.4. The number of carbonyl (C=O) groups is 2. The first-order valence-electron chi connectivity index (χ1n) is 7.95. The fourth-order valence-electron chi connectivity index (χ4n) is 3.12. The van der Waals surface area contributed by atoms with Crippen molar-refractivity contribution >= 4 is 23.9 Å². The van der Waals surface area contributed by atoms with Crippen molar-refractivity contribution in [3.63, 3.8) is 0 Å². The van der Waals surface area contributed by atoms with Crippen LogP contribution in [-0.4, -0.2) is 18.9 Å². The van der Waals surface area contributed by atoms with Crippen LogP contribution in [0.5, 0.6) is 0 Å². The van der Waals surface area contributed by atoms with E-state index in [1.165, 1.54) is 7.11 Å². The molecular formula is C21H20O3. The van der Waals surface area contributed by atoms with Crippen molar-refractivity contribution < 1.29 is 14.3 Å². The van der Waals surface area contributed by atoms with Gasteiger partial charge in [0.25, 0.3) is 0 Å². The number of benzene rings is 2. The van der Waals surface area contributed by atoms with Crippen molar-refractivity contribution in [2.24, 2.45) is 0 Å². The Bertz CT molecular complexity index is 827. The van der Waals surface area contributed by atoms with E-state index in [4.69, 9.17) is 0 Å². The summed E-state index contributed by atoms with van der Waals surface area (Å²) in [5.74, 6) is -0.127. The molecule has 3 rings (SSSR count). The number of esters is 1. The van der Waals surface area contributed by atoms with Gasteiger partial charge in [-0.15, -0.1) is 0 Å². The van der Waals surface area contributed by atoms with Crippen LogP contribution in [0, 0.1) is 0 Å². The average Bonchev–Trinajstić information content (AvgIpc) is 2.81. The van der Waals surface area contributed by atoms with Crippen molar-refractivity contribution in [2.75, 3.05) is 7.11 Å². The highest BCUT2D eigenvalue weighted by molar-refractivity contribution is 6.02. The molecule has 0 spiro atoms. The summed E-state index contributed by atoms with van der Waals surface area (Å²) in [5, 5.41) is 0. The van der Waals surface area contributed by atoms with E-state index < -0.39 is 0 Å². The standard InChI is InChI=1S/C21H20O3/c1-21(2)13-19(22)17-12-15(8-11-18(17)21)5-4-14-6-9-16(10-7-14)20(23)24-3/h4-12H,13H2,1-3H3. The Morgan fingerprint density at radius 2 is 1.67 bits per heavy atom. The molecule has 3 heteroatoms. The Morgan fingerprint density at radius 1 is 1.04 bits per heavy atom. The van der Waals surface area contributed by atoms with Crippen molar-refractivity contribution in [2.45, 2.75) is 25.7 Å². The lowest BCUT2D eigenvalue weighted by Gasteiger charge is -2.17. The molecule has 1 aliphatic rings. The minimum absolute atomic E-state index is 0.0711. The van der Waals surface area contributed by atoms with E-state index in [9.17, 15) is 9.59 Å². The molecule has 24 heavy (non-hydrogen) atoms. The predicted octanol–water partition coefficient (Wildman–Crippen LogP) is 4.51. The number of ketones is 1. The van der Waals surface area contributed by atoms with Gasteiger partial charge < -0.3 is 4.74 Å². The highest BCUT2D eigenvalue weighted by Gasteiger charge is 2.35. The third-order valence-electron chi connectivity index (χ3n) is 4.48. The summed E-state index contributed by atoms with van der Waals surface area (Å²) in [6, 6.07) is 13.3. The summed E-state index contributed by atoms with van der Waals surface area (Å²) in [6.07, 6.45) is 4.52. The van der Waals surface area contributed by atoms with E-state index >= 15 is 0 Å². The SMILES string of the molecule is COC(=O)c1ccc(C=Cc2ccc3c(c2)C(=O)CC3(C)C)cc1. The van der Waals surface area contributed by atoms with Gasteiger partial charge in [-0.1, -0.05) is 50.3 Å². The van der Waals surface area contributed by atoms with Gasteiger partial charge >= 0.3 is 5.97 Å². The van der Waals surface area contributed by atoms with Crippen LogP contribution in [0.25, 0.3) is 12.2 Å². The van der Waals surface area contributed by atoms with Gasteiger partial charge in [-0.25, -0.2) is 4.79 Å². The Balaban J connectivity index is 1.82. The second-order valence-corrected chi connectivity index (χ2v) is 6.74. The average molecular weight is 320 g/mol. The van der Waals surface area contributed by atoms with Crippen molar-refractivity contribution in [1.29, 1.82) is 0 Å². The zero-order valence-corrected chi connectivity index (χ0v) is 14.1. The first kappa shape index (κ1) is 16.2. The summed E-state index contributed by atoms with van der Waals surface area (Å²) < 4.78 is 4.69. The smallest absolute Gasteiger partial charge is 0.337 e.